The second-order valence-electron chi connectivity index (χ2n) is 7.74. The van der Waals surface area contributed by atoms with Crippen LogP contribution in [0.4, 0.5) is 0 Å². The van der Waals surface area contributed by atoms with Crippen LogP contribution in [0.1, 0.15) is 20.9 Å². The molecule has 1 saturated heterocycles. The summed E-state index contributed by atoms with van der Waals surface area (Å²) < 4.78 is 6.93. The predicted molar refractivity (Wildman–Crippen MR) is 125 cm³/mol. The molecular weight excluding hydrogens is 440 g/mol. The van der Waals surface area contributed by atoms with Gasteiger partial charge in [0, 0.05) is 43.0 Å². The van der Waals surface area contributed by atoms with E-state index in [1.807, 2.05) is 42.5 Å². The number of hydrogen-bond donors (Lipinski definition) is 0. The van der Waals surface area contributed by atoms with Gasteiger partial charge in [0.25, 0.3) is 11.8 Å². The predicted octanol–water partition coefficient (Wildman–Crippen LogP) is 4.38. The number of para-hydroxylation sites is 1. The van der Waals surface area contributed by atoms with E-state index in [-0.39, 0.29) is 11.8 Å². The number of rotatable bonds is 4. The molecule has 7 nitrogen and oxygen atoms in total. The largest absolute Gasteiger partial charge is 0.459 e. The molecule has 0 radical (unpaired) electrons. The summed E-state index contributed by atoms with van der Waals surface area (Å²) >= 11 is 6.06. The Morgan fingerprint density at radius 2 is 1.48 bits per heavy atom. The fourth-order valence-corrected chi connectivity index (χ4v) is 4.03. The minimum absolute atomic E-state index is 0.118. The van der Waals surface area contributed by atoms with E-state index < -0.39 is 0 Å². The zero-order valence-corrected chi connectivity index (χ0v) is 18.5. The lowest BCUT2D eigenvalue weighted by atomic mass is 10.1. The Morgan fingerprint density at radius 1 is 0.818 bits per heavy atom. The quantitative estimate of drug-likeness (QED) is 0.453. The van der Waals surface area contributed by atoms with Crippen molar-refractivity contribution in [1.29, 1.82) is 0 Å². The fourth-order valence-electron chi connectivity index (χ4n) is 3.90. The van der Waals surface area contributed by atoms with Gasteiger partial charge in [0.05, 0.1) is 17.5 Å². The van der Waals surface area contributed by atoms with Crippen LogP contribution < -0.4 is 0 Å². The molecule has 8 heteroatoms. The average molecular weight is 461 g/mol. The van der Waals surface area contributed by atoms with Crippen LogP contribution in [-0.4, -0.2) is 57.6 Å². The normalized spacial score (nSPS) is 13.8. The molecule has 0 saturated carbocycles. The molecule has 0 bridgehead atoms. The molecule has 1 aliphatic heterocycles. The third kappa shape index (κ3) is 4.27. The molecule has 3 heterocycles. The Bertz CT molecular complexity index is 1260. The molecule has 2 aromatic heterocycles. The number of carbonyl (C=O) groups excluding carboxylic acids is 2. The second kappa shape index (κ2) is 8.96. The molecule has 0 N–H and O–H groups in total. The molecule has 1 aliphatic rings. The standard InChI is InChI=1S/C25H21ClN4O3/c26-19-10-8-18(9-11-19)23-21(17-30(27-23)20-5-2-1-3-6-20)24(31)28-12-14-29(15-13-28)25(32)22-7-4-16-33-22/h1-11,16-17H,12-15H2. The van der Waals surface area contributed by atoms with Crippen LogP contribution in [0.5, 0.6) is 0 Å². The number of amides is 2. The summed E-state index contributed by atoms with van der Waals surface area (Å²) in [6.45, 7) is 1.74. The van der Waals surface area contributed by atoms with Crippen molar-refractivity contribution in [2.24, 2.45) is 0 Å². The van der Waals surface area contributed by atoms with Gasteiger partial charge in [-0.3, -0.25) is 9.59 Å². The third-order valence-corrected chi connectivity index (χ3v) is 5.92. The number of nitrogens with zero attached hydrogens (tertiary/aromatic N) is 4. The van der Waals surface area contributed by atoms with Gasteiger partial charge in [-0.25, -0.2) is 4.68 Å². The average Bonchev–Trinajstić information content (AvgIpc) is 3.55. The van der Waals surface area contributed by atoms with Crippen LogP contribution in [-0.2, 0) is 0 Å². The van der Waals surface area contributed by atoms with Crippen LogP contribution in [0.3, 0.4) is 0 Å². The first kappa shape index (κ1) is 21.0. The molecule has 2 aromatic carbocycles. The van der Waals surface area contributed by atoms with E-state index in [4.69, 9.17) is 21.1 Å². The van der Waals surface area contributed by atoms with E-state index in [1.165, 1.54) is 6.26 Å². The van der Waals surface area contributed by atoms with Crippen molar-refractivity contribution in [2.45, 2.75) is 0 Å². The first-order chi connectivity index (χ1) is 16.1. The molecular formula is C25H21ClN4O3. The lowest BCUT2D eigenvalue weighted by molar-refractivity contribution is 0.0518. The van der Waals surface area contributed by atoms with Crippen molar-refractivity contribution in [3.63, 3.8) is 0 Å². The van der Waals surface area contributed by atoms with Gasteiger partial charge in [-0.1, -0.05) is 41.9 Å². The number of piperazine rings is 1. The maximum absolute atomic E-state index is 13.5. The van der Waals surface area contributed by atoms with Crippen molar-refractivity contribution < 1.29 is 14.0 Å². The lowest BCUT2D eigenvalue weighted by Gasteiger charge is -2.34. The number of furan rings is 1. The molecule has 0 aliphatic carbocycles. The Labute approximate surface area is 195 Å². The zero-order valence-electron chi connectivity index (χ0n) is 17.7. The Balaban J connectivity index is 1.41. The summed E-state index contributed by atoms with van der Waals surface area (Å²) in [4.78, 5) is 29.5. The molecule has 1 fully saturated rings. The highest BCUT2D eigenvalue weighted by molar-refractivity contribution is 6.30. The van der Waals surface area contributed by atoms with Gasteiger partial charge in [0.2, 0.25) is 0 Å². The molecule has 5 rings (SSSR count). The number of hydrogen-bond acceptors (Lipinski definition) is 4. The number of carbonyl (C=O) groups is 2. The van der Waals surface area contributed by atoms with Crippen LogP contribution in [0, 0.1) is 0 Å². The molecule has 4 aromatic rings. The fraction of sp³-hybridized carbons (Fsp3) is 0.160. The zero-order chi connectivity index (χ0) is 22.8. The molecule has 33 heavy (non-hydrogen) atoms. The van der Waals surface area contributed by atoms with E-state index in [0.717, 1.165) is 11.3 Å². The van der Waals surface area contributed by atoms with Crippen LogP contribution >= 0.6 is 11.6 Å². The SMILES string of the molecule is O=C(c1ccco1)N1CCN(C(=O)c2cn(-c3ccccc3)nc2-c2ccc(Cl)cc2)CC1. The van der Waals surface area contributed by atoms with E-state index in [9.17, 15) is 9.59 Å². The Kier molecular flexibility index (Phi) is 5.71. The van der Waals surface area contributed by atoms with E-state index in [2.05, 4.69) is 0 Å². The minimum Gasteiger partial charge on any atom is -0.459 e. The van der Waals surface area contributed by atoms with Crippen molar-refractivity contribution in [2.75, 3.05) is 26.2 Å². The lowest BCUT2D eigenvalue weighted by Crippen LogP contribution is -2.50. The van der Waals surface area contributed by atoms with Crippen LogP contribution in [0.15, 0.2) is 83.6 Å². The van der Waals surface area contributed by atoms with Gasteiger partial charge in [-0.15, -0.1) is 0 Å². The van der Waals surface area contributed by atoms with Gasteiger partial charge in [0.15, 0.2) is 5.76 Å². The van der Waals surface area contributed by atoms with Crippen molar-refractivity contribution >= 4 is 23.4 Å². The van der Waals surface area contributed by atoms with Crippen molar-refractivity contribution in [1.82, 2.24) is 19.6 Å². The summed E-state index contributed by atoms with van der Waals surface area (Å²) in [6.07, 6.45) is 3.25. The molecule has 0 spiro atoms. The second-order valence-corrected chi connectivity index (χ2v) is 8.18. The molecule has 2 amide bonds. The van der Waals surface area contributed by atoms with Gasteiger partial charge in [-0.05, 0) is 36.4 Å². The highest BCUT2D eigenvalue weighted by Crippen LogP contribution is 2.27. The van der Waals surface area contributed by atoms with Gasteiger partial charge < -0.3 is 14.2 Å². The van der Waals surface area contributed by atoms with Crippen molar-refractivity contribution in [3.05, 3.63) is 95.5 Å². The van der Waals surface area contributed by atoms with E-state index in [0.29, 0.717) is 48.2 Å². The topological polar surface area (TPSA) is 71.6 Å². The highest BCUT2D eigenvalue weighted by Gasteiger charge is 2.29. The maximum atomic E-state index is 13.5. The smallest absolute Gasteiger partial charge is 0.289 e. The molecule has 0 atom stereocenters. The number of aromatic nitrogens is 2. The van der Waals surface area contributed by atoms with Gasteiger partial charge >= 0.3 is 0 Å². The summed E-state index contributed by atoms with van der Waals surface area (Å²) in [6, 6.07) is 20.3. The van der Waals surface area contributed by atoms with Gasteiger partial charge in [0.1, 0.15) is 5.69 Å². The van der Waals surface area contributed by atoms with Crippen molar-refractivity contribution in [3.8, 4) is 16.9 Å². The van der Waals surface area contributed by atoms with E-state index >= 15 is 0 Å². The van der Waals surface area contributed by atoms with Crippen LogP contribution in [0.25, 0.3) is 16.9 Å². The summed E-state index contributed by atoms with van der Waals surface area (Å²) in [5.74, 6) is 0.0296. The first-order valence-electron chi connectivity index (χ1n) is 10.6. The summed E-state index contributed by atoms with van der Waals surface area (Å²) in [5.41, 5.74) is 2.77. The number of benzene rings is 2. The Hall–Kier alpha value is -3.84. The number of halogens is 1. The van der Waals surface area contributed by atoms with Gasteiger partial charge in [-0.2, -0.15) is 5.10 Å². The monoisotopic (exact) mass is 460 g/mol. The van der Waals surface area contributed by atoms with E-state index in [1.54, 1.807) is 44.9 Å². The highest BCUT2D eigenvalue weighted by atomic mass is 35.5. The first-order valence-corrected chi connectivity index (χ1v) is 11.0. The van der Waals surface area contributed by atoms with Crippen LogP contribution in [0.2, 0.25) is 5.02 Å². The Morgan fingerprint density at radius 3 is 2.12 bits per heavy atom. The molecule has 0 unspecified atom stereocenters. The minimum atomic E-state index is -0.161. The maximum Gasteiger partial charge on any atom is 0.289 e. The summed E-state index contributed by atoms with van der Waals surface area (Å²) in [5, 5.41) is 5.34. The summed E-state index contributed by atoms with van der Waals surface area (Å²) in [7, 11) is 0. The molecule has 166 valence electrons. The third-order valence-electron chi connectivity index (χ3n) is 5.67.